The van der Waals surface area contributed by atoms with Gasteiger partial charge in [-0.15, -0.1) is 0 Å². The largest absolute Gasteiger partial charge is 0.493 e. The Labute approximate surface area is 120 Å². The van der Waals surface area contributed by atoms with Crippen LogP contribution in [0.25, 0.3) is 0 Å². The second-order valence-electron chi connectivity index (χ2n) is 5.61. The standard InChI is InChI=1S/C18H21NO/c1-13(2)14-7-3-5-9-16(14)19-17-11-12-20-18-10-6-4-8-15(17)18/h3-10,13,17,19H,11-12H2,1-2H3. The first-order chi connectivity index (χ1) is 9.75. The summed E-state index contributed by atoms with van der Waals surface area (Å²) in [6.07, 6.45) is 1.00. The van der Waals surface area contributed by atoms with Gasteiger partial charge >= 0.3 is 0 Å². The normalized spacial score (nSPS) is 17.4. The molecule has 0 spiro atoms. The van der Waals surface area contributed by atoms with Gasteiger partial charge in [0.15, 0.2) is 0 Å². The van der Waals surface area contributed by atoms with Crippen molar-refractivity contribution in [2.24, 2.45) is 0 Å². The van der Waals surface area contributed by atoms with Crippen LogP contribution >= 0.6 is 0 Å². The zero-order valence-electron chi connectivity index (χ0n) is 12.1. The molecule has 1 N–H and O–H groups in total. The maximum atomic E-state index is 5.73. The molecule has 1 unspecified atom stereocenters. The molecule has 2 aromatic rings. The number of benzene rings is 2. The number of para-hydroxylation sites is 2. The third kappa shape index (κ3) is 2.51. The quantitative estimate of drug-likeness (QED) is 0.866. The van der Waals surface area contributed by atoms with E-state index in [1.165, 1.54) is 16.8 Å². The minimum Gasteiger partial charge on any atom is -0.493 e. The number of rotatable bonds is 3. The van der Waals surface area contributed by atoms with Gasteiger partial charge in [-0.1, -0.05) is 50.2 Å². The second-order valence-corrected chi connectivity index (χ2v) is 5.61. The molecule has 1 aliphatic rings. The van der Waals surface area contributed by atoms with E-state index in [4.69, 9.17) is 4.74 Å². The van der Waals surface area contributed by atoms with Crippen molar-refractivity contribution in [1.82, 2.24) is 0 Å². The Morgan fingerprint density at radius 1 is 1.05 bits per heavy atom. The lowest BCUT2D eigenvalue weighted by Crippen LogP contribution is -2.20. The predicted octanol–water partition coefficient (Wildman–Crippen LogP) is 4.75. The summed E-state index contributed by atoms with van der Waals surface area (Å²) in [4.78, 5) is 0. The first-order valence-corrected chi connectivity index (χ1v) is 7.33. The van der Waals surface area contributed by atoms with Gasteiger partial charge in [0.25, 0.3) is 0 Å². The lowest BCUT2D eigenvalue weighted by atomic mass is 9.97. The van der Waals surface area contributed by atoms with Crippen molar-refractivity contribution in [3.8, 4) is 5.75 Å². The smallest absolute Gasteiger partial charge is 0.124 e. The molecule has 2 aromatic carbocycles. The van der Waals surface area contributed by atoms with Gasteiger partial charge < -0.3 is 10.1 Å². The van der Waals surface area contributed by atoms with Crippen LogP contribution in [0.2, 0.25) is 0 Å². The van der Waals surface area contributed by atoms with Crippen LogP contribution < -0.4 is 10.1 Å². The fraction of sp³-hybridized carbons (Fsp3) is 0.333. The maximum Gasteiger partial charge on any atom is 0.124 e. The summed E-state index contributed by atoms with van der Waals surface area (Å²) < 4.78 is 5.73. The highest BCUT2D eigenvalue weighted by atomic mass is 16.5. The molecule has 0 aromatic heterocycles. The van der Waals surface area contributed by atoms with Crippen LogP contribution in [0.15, 0.2) is 48.5 Å². The molecule has 0 fully saturated rings. The first kappa shape index (κ1) is 13.0. The van der Waals surface area contributed by atoms with E-state index in [2.05, 4.69) is 61.6 Å². The van der Waals surface area contributed by atoms with Gasteiger partial charge in [0.05, 0.1) is 12.6 Å². The number of hydrogen-bond donors (Lipinski definition) is 1. The summed E-state index contributed by atoms with van der Waals surface area (Å²) in [5.74, 6) is 1.53. The predicted molar refractivity (Wildman–Crippen MR) is 83.4 cm³/mol. The molecule has 0 bridgehead atoms. The molecular weight excluding hydrogens is 246 g/mol. The highest BCUT2D eigenvalue weighted by molar-refractivity contribution is 5.55. The maximum absolute atomic E-state index is 5.73. The highest BCUT2D eigenvalue weighted by Gasteiger charge is 2.21. The molecule has 0 radical (unpaired) electrons. The van der Waals surface area contributed by atoms with Crippen LogP contribution in [0.4, 0.5) is 5.69 Å². The first-order valence-electron chi connectivity index (χ1n) is 7.33. The summed E-state index contributed by atoms with van der Waals surface area (Å²) in [7, 11) is 0. The van der Waals surface area contributed by atoms with Crippen molar-refractivity contribution in [2.75, 3.05) is 11.9 Å². The van der Waals surface area contributed by atoms with Gasteiger partial charge in [0.2, 0.25) is 0 Å². The van der Waals surface area contributed by atoms with Gasteiger partial charge in [0.1, 0.15) is 5.75 Å². The Kier molecular flexibility index (Phi) is 3.64. The van der Waals surface area contributed by atoms with Crippen molar-refractivity contribution in [2.45, 2.75) is 32.2 Å². The van der Waals surface area contributed by atoms with Crippen LogP contribution in [0.1, 0.15) is 43.4 Å². The van der Waals surface area contributed by atoms with Crippen LogP contribution in [-0.4, -0.2) is 6.61 Å². The summed E-state index contributed by atoms with van der Waals surface area (Å²) >= 11 is 0. The number of nitrogens with one attached hydrogen (secondary N) is 1. The third-order valence-electron chi connectivity index (χ3n) is 3.87. The molecule has 2 nitrogen and oxygen atoms in total. The molecule has 3 rings (SSSR count). The Hall–Kier alpha value is -1.96. The minimum absolute atomic E-state index is 0.333. The van der Waals surface area contributed by atoms with E-state index in [-0.39, 0.29) is 0 Å². The molecule has 0 saturated heterocycles. The van der Waals surface area contributed by atoms with Gasteiger partial charge in [-0.2, -0.15) is 0 Å². The summed E-state index contributed by atoms with van der Waals surface area (Å²) in [5, 5.41) is 3.71. The number of ether oxygens (including phenoxy) is 1. The zero-order chi connectivity index (χ0) is 13.9. The summed E-state index contributed by atoms with van der Waals surface area (Å²) in [5.41, 5.74) is 3.87. The fourth-order valence-corrected chi connectivity index (χ4v) is 2.81. The number of hydrogen-bond acceptors (Lipinski definition) is 2. The van der Waals surface area contributed by atoms with Crippen LogP contribution in [0.3, 0.4) is 0 Å². The van der Waals surface area contributed by atoms with E-state index < -0.39 is 0 Å². The molecule has 1 atom stereocenters. The van der Waals surface area contributed by atoms with Crippen molar-refractivity contribution >= 4 is 5.69 Å². The Balaban J connectivity index is 1.90. The minimum atomic E-state index is 0.333. The summed E-state index contributed by atoms with van der Waals surface area (Å²) in [6.45, 7) is 5.25. The number of fused-ring (bicyclic) bond motifs is 1. The average Bonchev–Trinajstić information content (AvgIpc) is 2.48. The van der Waals surface area contributed by atoms with E-state index in [1.807, 2.05) is 6.07 Å². The Morgan fingerprint density at radius 2 is 1.80 bits per heavy atom. The van der Waals surface area contributed by atoms with Crippen LogP contribution in [0.5, 0.6) is 5.75 Å². The molecule has 0 amide bonds. The summed E-state index contributed by atoms with van der Waals surface area (Å²) in [6, 6.07) is 17.2. The van der Waals surface area contributed by atoms with Crippen molar-refractivity contribution in [1.29, 1.82) is 0 Å². The lowest BCUT2D eigenvalue weighted by molar-refractivity contribution is 0.274. The van der Waals surface area contributed by atoms with Crippen molar-refractivity contribution < 1.29 is 4.74 Å². The van der Waals surface area contributed by atoms with Gasteiger partial charge in [-0.3, -0.25) is 0 Å². The van der Waals surface area contributed by atoms with E-state index in [0.29, 0.717) is 12.0 Å². The second kappa shape index (κ2) is 5.58. The third-order valence-corrected chi connectivity index (χ3v) is 3.87. The molecule has 1 aliphatic heterocycles. The molecule has 1 heterocycles. The van der Waals surface area contributed by atoms with E-state index in [9.17, 15) is 0 Å². The van der Waals surface area contributed by atoms with E-state index in [0.717, 1.165) is 18.8 Å². The number of anilines is 1. The van der Waals surface area contributed by atoms with Crippen LogP contribution in [-0.2, 0) is 0 Å². The molecule has 2 heteroatoms. The molecule has 20 heavy (non-hydrogen) atoms. The van der Waals surface area contributed by atoms with Gasteiger partial charge in [-0.05, 0) is 23.6 Å². The Bertz CT molecular complexity index is 591. The average molecular weight is 267 g/mol. The highest BCUT2D eigenvalue weighted by Crippen LogP contribution is 2.35. The van der Waals surface area contributed by atoms with E-state index >= 15 is 0 Å². The molecular formula is C18H21NO. The lowest BCUT2D eigenvalue weighted by Gasteiger charge is -2.28. The van der Waals surface area contributed by atoms with Gasteiger partial charge in [0, 0.05) is 17.7 Å². The topological polar surface area (TPSA) is 21.3 Å². The molecule has 0 saturated carbocycles. The zero-order valence-corrected chi connectivity index (χ0v) is 12.1. The fourth-order valence-electron chi connectivity index (χ4n) is 2.81. The molecule has 0 aliphatic carbocycles. The van der Waals surface area contributed by atoms with E-state index in [1.54, 1.807) is 0 Å². The Morgan fingerprint density at radius 3 is 2.65 bits per heavy atom. The monoisotopic (exact) mass is 267 g/mol. The van der Waals surface area contributed by atoms with Gasteiger partial charge in [-0.25, -0.2) is 0 Å². The van der Waals surface area contributed by atoms with Crippen LogP contribution in [0, 0.1) is 0 Å². The molecule has 104 valence electrons. The van der Waals surface area contributed by atoms with Crippen molar-refractivity contribution in [3.05, 3.63) is 59.7 Å². The van der Waals surface area contributed by atoms with Crippen molar-refractivity contribution in [3.63, 3.8) is 0 Å². The SMILES string of the molecule is CC(C)c1ccccc1NC1CCOc2ccccc21.